The van der Waals surface area contributed by atoms with Gasteiger partial charge < -0.3 is 10.2 Å². The van der Waals surface area contributed by atoms with Gasteiger partial charge in [0.1, 0.15) is 5.82 Å². The fourth-order valence-corrected chi connectivity index (χ4v) is 2.87. The largest absolute Gasteiger partial charge is 0.374 e. The third kappa shape index (κ3) is 3.81. The number of anilines is 1. The van der Waals surface area contributed by atoms with Crippen LogP contribution in [0.2, 0.25) is 0 Å². The second kappa shape index (κ2) is 5.34. The molecule has 0 unspecified atom stereocenters. The predicted octanol–water partition coefficient (Wildman–Crippen LogP) is 1.96. The molecule has 0 aliphatic carbocycles. The minimum absolute atomic E-state index is 0.217. The van der Waals surface area contributed by atoms with E-state index in [1.165, 1.54) is 6.20 Å². The molecule has 7 heteroatoms. The first-order valence-corrected chi connectivity index (χ1v) is 8.24. The molecule has 19 heavy (non-hydrogen) atoms. The van der Waals surface area contributed by atoms with Crippen LogP contribution in [0, 0.1) is 0 Å². The van der Waals surface area contributed by atoms with Gasteiger partial charge in [-0.05, 0) is 34.1 Å². The first-order chi connectivity index (χ1) is 8.84. The number of hydrogen-bond acceptors (Lipinski definition) is 5. The minimum Gasteiger partial charge on any atom is -0.374 e. The number of aromatic nitrogens is 1. The molecule has 102 valence electrons. The van der Waals surface area contributed by atoms with Crippen LogP contribution >= 0.6 is 15.9 Å². The van der Waals surface area contributed by atoms with E-state index in [1.807, 2.05) is 24.2 Å². The maximum Gasteiger partial charge on any atom is 0.177 e. The van der Waals surface area contributed by atoms with Crippen LogP contribution in [-0.2, 0) is 9.84 Å². The predicted molar refractivity (Wildman–Crippen MR) is 78.7 cm³/mol. The summed E-state index contributed by atoms with van der Waals surface area (Å²) >= 11 is 3.42. The molecule has 0 saturated carbocycles. The smallest absolute Gasteiger partial charge is 0.177 e. The van der Waals surface area contributed by atoms with Crippen molar-refractivity contribution in [1.29, 1.82) is 0 Å². The van der Waals surface area contributed by atoms with Gasteiger partial charge in [0.15, 0.2) is 9.84 Å². The molecule has 1 aliphatic heterocycles. The summed E-state index contributed by atoms with van der Waals surface area (Å²) in [5, 5.41) is 3.16. The van der Waals surface area contributed by atoms with Crippen molar-refractivity contribution in [3.8, 4) is 0 Å². The van der Waals surface area contributed by atoms with Crippen molar-refractivity contribution in [2.45, 2.75) is 4.90 Å². The van der Waals surface area contributed by atoms with Gasteiger partial charge in [-0.25, -0.2) is 13.4 Å². The van der Waals surface area contributed by atoms with Crippen molar-refractivity contribution in [2.24, 2.45) is 0 Å². The normalized spacial score (nSPS) is 15.8. The van der Waals surface area contributed by atoms with Crippen LogP contribution in [0.25, 0.3) is 0 Å². The minimum atomic E-state index is -3.20. The number of nitrogens with zero attached hydrogens (tertiary/aromatic N) is 2. The number of likely N-dealkylation sites (N-methyl/N-ethyl adjacent to an activating group) is 1. The maximum absolute atomic E-state index is 11.3. The second-order valence-electron chi connectivity index (χ2n) is 4.37. The molecule has 0 spiro atoms. The van der Waals surface area contributed by atoms with Crippen LogP contribution in [0.5, 0.6) is 0 Å². The Labute approximate surface area is 121 Å². The van der Waals surface area contributed by atoms with E-state index in [4.69, 9.17) is 0 Å². The highest BCUT2D eigenvalue weighted by molar-refractivity contribution is 9.11. The number of pyridine rings is 1. The number of halogens is 1. The Bertz CT molecular complexity index is 635. The zero-order chi connectivity index (χ0) is 14.0. The SMILES string of the molecule is CN1C=C(Br)C=C(Nc2ccc(S(C)(=O)=O)cn2)C1. The average Bonchev–Trinajstić information content (AvgIpc) is 2.26. The molecule has 1 N–H and O–H groups in total. The zero-order valence-electron chi connectivity index (χ0n) is 10.6. The van der Waals surface area contributed by atoms with Crippen molar-refractivity contribution < 1.29 is 8.42 Å². The van der Waals surface area contributed by atoms with Crippen LogP contribution in [0.1, 0.15) is 0 Å². The third-order valence-corrected chi connectivity index (χ3v) is 4.06. The van der Waals surface area contributed by atoms with Gasteiger partial charge in [-0.15, -0.1) is 0 Å². The highest BCUT2D eigenvalue weighted by Gasteiger charge is 2.10. The van der Waals surface area contributed by atoms with Crippen molar-refractivity contribution in [2.75, 3.05) is 25.2 Å². The van der Waals surface area contributed by atoms with Crippen LogP contribution in [0.4, 0.5) is 5.82 Å². The molecule has 0 saturated heterocycles. The summed E-state index contributed by atoms with van der Waals surface area (Å²) in [6.45, 7) is 0.741. The summed E-state index contributed by atoms with van der Waals surface area (Å²) in [4.78, 5) is 6.35. The van der Waals surface area contributed by atoms with Crippen LogP contribution < -0.4 is 5.32 Å². The fourth-order valence-electron chi connectivity index (χ4n) is 1.69. The summed E-state index contributed by atoms with van der Waals surface area (Å²) in [7, 11) is -1.23. The fraction of sp³-hybridized carbons (Fsp3) is 0.250. The Kier molecular flexibility index (Phi) is 3.96. The van der Waals surface area contributed by atoms with E-state index in [-0.39, 0.29) is 4.90 Å². The van der Waals surface area contributed by atoms with Gasteiger partial charge in [0.05, 0.1) is 11.4 Å². The summed E-state index contributed by atoms with van der Waals surface area (Å²) in [5.41, 5.74) is 0.983. The molecule has 0 amide bonds. The monoisotopic (exact) mass is 343 g/mol. The van der Waals surface area contributed by atoms with Crippen molar-refractivity contribution in [1.82, 2.24) is 9.88 Å². The highest BCUT2D eigenvalue weighted by Crippen LogP contribution is 2.19. The number of nitrogens with one attached hydrogen (secondary N) is 1. The molecule has 0 aromatic carbocycles. The Morgan fingerprint density at radius 2 is 2.16 bits per heavy atom. The molecule has 1 aromatic rings. The van der Waals surface area contributed by atoms with Gasteiger partial charge in [0.2, 0.25) is 0 Å². The van der Waals surface area contributed by atoms with Gasteiger partial charge in [0.25, 0.3) is 0 Å². The molecule has 2 rings (SSSR count). The lowest BCUT2D eigenvalue weighted by molar-refractivity contribution is 0.491. The zero-order valence-corrected chi connectivity index (χ0v) is 13.0. The molecule has 1 aliphatic rings. The van der Waals surface area contributed by atoms with E-state index < -0.39 is 9.84 Å². The third-order valence-electron chi connectivity index (χ3n) is 2.53. The van der Waals surface area contributed by atoms with Crippen LogP contribution in [0.3, 0.4) is 0 Å². The Morgan fingerprint density at radius 1 is 1.42 bits per heavy atom. The van der Waals surface area contributed by atoms with Crippen LogP contribution in [0.15, 0.2) is 45.7 Å². The van der Waals surface area contributed by atoms with Gasteiger partial charge in [-0.1, -0.05) is 0 Å². The van der Waals surface area contributed by atoms with Gasteiger partial charge in [0, 0.05) is 35.9 Å². The Hall–Kier alpha value is -1.34. The summed E-state index contributed by atoms with van der Waals surface area (Å²) in [6, 6.07) is 3.20. The second-order valence-corrected chi connectivity index (χ2v) is 7.31. The van der Waals surface area contributed by atoms with Crippen LogP contribution in [-0.4, -0.2) is 38.1 Å². The molecule has 0 bridgehead atoms. The molecule has 5 nitrogen and oxygen atoms in total. The molecule has 2 heterocycles. The maximum atomic E-state index is 11.3. The van der Waals surface area contributed by atoms with Gasteiger partial charge >= 0.3 is 0 Å². The lowest BCUT2D eigenvalue weighted by atomic mass is 10.3. The molecular weight excluding hydrogens is 330 g/mol. The summed E-state index contributed by atoms with van der Waals surface area (Å²) in [6.07, 6.45) is 6.46. The lowest BCUT2D eigenvalue weighted by Gasteiger charge is -2.22. The van der Waals surface area contributed by atoms with E-state index in [0.717, 1.165) is 23.0 Å². The molecule has 0 atom stereocenters. The molecule has 1 aromatic heterocycles. The number of allylic oxidation sites excluding steroid dienone is 2. The first-order valence-electron chi connectivity index (χ1n) is 5.56. The summed E-state index contributed by atoms with van der Waals surface area (Å²) in [5.74, 6) is 0.620. The van der Waals surface area contributed by atoms with Crippen molar-refractivity contribution in [3.63, 3.8) is 0 Å². The quantitative estimate of drug-likeness (QED) is 0.908. The standard InChI is InChI=1S/C12H14BrN3O2S/c1-16-7-9(13)5-10(8-16)15-12-4-3-11(6-14-12)19(2,17)18/h3-7H,8H2,1-2H3,(H,14,15). The molecular formula is C12H14BrN3O2S. The van der Waals surface area contributed by atoms with E-state index in [2.05, 4.69) is 26.2 Å². The topological polar surface area (TPSA) is 62.3 Å². The lowest BCUT2D eigenvalue weighted by Crippen LogP contribution is -2.22. The van der Waals surface area contributed by atoms with Crippen molar-refractivity contribution >= 4 is 31.6 Å². The number of hydrogen-bond donors (Lipinski definition) is 1. The van der Waals surface area contributed by atoms with Gasteiger partial charge in [-0.3, -0.25) is 0 Å². The van der Waals surface area contributed by atoms with Gasteiger partial charge in [-0.2, -0.15) is 0 Å². The summed E-state index contributed by atoms with van der Waals surface area (Å²) < 4.78 is 23.6. The molecule has 0 fully saturated rings. The van der Waals surface area contributed by atoms with Crippen molar-refractivity contribution in [3.05, 3.63) is 40.8 Å². The first kappa shape index (κ1) is 14.1. The highest BCUT2D eigenvalue weighted by atomic mass is 79.9. The number of sulfone groups is 1. The van der Waals surface area contributed by atoms with E-state index in [1.54, 1.807) is 12.1 Å². The van der Waals surface area contributed by atoms with E-state index in [0.29, 0.717) is 5.82 Å². The molecule has 0 radical (unpaired) electrons. The van der Waals surface area contributed by atoms with E-state index >= 15 is 0 Å². The number of rotatable bonds is 3. The Balaban J connectivity index is 2.15. The average molecular weight is 344 g/mol. The van der Waals surface area contributed by atoms with E-state index in [9.17, 15) is 8.42 Å². The Morgan fingerprint density at radius 3 is 2.68 bits per heavy atom.